The fourth-order valence-corrected chi connectivity index (χ4v) is 4.40. The molecule has 0 spiro atoms. The third kappa shape index (κ3) is 3.24. The lowest BCUT2D eigenvalue weighted by molar-refractivity contribution is 0.139. The lowest BCUT2D eigenvalue weighted by atomic mass is 9.91. The monoisotopic (exact) mass is 308 g/mol. The first-order chi connectivity index (χ1) is 9.93. The Morgan fingerprint density at radius 1 is 1.14 bits per heavy atom. The summed E-state index contributed by atoms with van der Waals surface area (Å²) in [7, 11) is -0.841. The van der Waals surface area contributed by atoms with Crippen LogP contribution in [-0.2, 0) is 9.84 Å². The zero-order valence-corrected chi connectivity index (χ0v) is 13.6. The summed E-state index contributed by atoms with van der Waals surface area (Å²) in [5.74, 6) is 0.730. The molecule has 2 atom stereocenters. The second-order valence-corrected chi connectivity index (χ2v) is 8.58. The van der Waals surface area contributed by atoms with E-state index in [0.717, 1.165) is 30.2 Å². The number of rotatable bonds is 4. The summed E-state index contributed by atoms with van der Waals surface area (Å²) in [6, 6.07) is 8.61. The summed E-state index contributed by atoms with van der Waals surface area (Å²) in [6.07, 6.45) is 6.49. The summed E-state index contributed by atoms with van der Waals surface area (Å²) in [5.41, 5.74) is 1.01. The number of hydrogen-bond donors (Lipinski definition) is 1. The topological polar surface area (TPSA) is 49.4 Å². The van der Waals surface area contributed by atoms with Crippen LogP contribution in [0.15, 0.2) is 29.2 Å². The minimum Gasteiger partial charge on any atom is -0.385 e. The first-order valence-corrected chi connectivity index (χ1v) is 9.58. The number of piperidine rings is 1. The first-order valence-electron chi connectivity index (χ1n) is 7.69. The van der Waals surface area contributed by atoms with Crippen molar-refractivity contribution in [3.8, 4) is 0 Å². The van der Waals surface area contributed by atoms with Crippen LogP contribution in [0.5, 0.6) is 0 Å². The number of fused-ring (bicyclic) bond motifs is 2. The molecule has 5 heteroatoms. The van der Waals surface area contributed by atoms with Gasteiger partial charge in [-0.3, -0.25) is 0 Å². The number of hydrogen-bond acceptors (Lipinski definition) is 4. The lowest BCUT2D eigenvalue weighted by Crippen LogP contribution is -2.41. The number of sulfone groups is 1. The third-order valence-corrected chi connectivity index (χ3v) is 6.20. The predicted octanol–water partition coefficient (Wildman–Crippen LogP) is 2.37. The lowest BCUT2D eigenvalue weighted by Gasteiger charge is -2.36. The van der Waals surface area contributed by atoms with E-state index in [2.05, 4.69) is 17.3 Å². The molecular formula is C16H24N2O2S. The van der Waals surface area contributed by atoms with Crippen molar-refractivity contribution < 1.29 is 8.42 Å². The molecule has 0 radical (unpaired) electrons. The van der Waals surface area contributed by atoms with Gasteiger partial charge >= 0.3 is 0 Å². The van der Waals surface area contributed by atoms with E-state index in [9.17, 15) is 8.42 Å². The van der Waals surface area contributed by atoms with E-state index in [1.165, 1.54) is 31.9 Å². The summed E-state index contributed by atoms with van der Waals surface area (Å²) in [4.78, 5) is 2.93. The summed E-state index contributed by atoms with van der Waals surface area (Å²) in [6.45, 7) is 0.985. The molecule has 2 heterocycles. The molecule has 1 aromatic carbocycles. The largest absolute Gasteiger partial charge is 0.385 e. The standard InChI is InChI=1S/C16H24N2O2S/c1-18-14-5-6-15(18)10-12(9-14)11-17-13-3-7-16(8-4-13)21(2,19)20/h3-4,7-8,12,14-15,17H,5-6,9-11H2,1-2H3. The van der Waals surface area contributed by atoms with Crippen molar-refractivity contribution in [1.82, 2.24) is 4.90 Å². The van der Waals surface area contributed by atoms with Gasteiger partial charge in [0.05, 0.1) is 4.90 Å². The molecule has 0 aliphatic carbocycles. The van der Waals surface area contributed by atoms with E-state index in [4.69, 9.17) is 0 Å². The molecule has 0 saturated carbocycles. The highest BCUT2D eigenvalue weighted by atomic mass is 32.2. The predicted molar refractivity (Wildman–Crippen MR) is 85.3 cm³/mol. The average Bonchev–Trinajstić information content (AvgIpc) is 2.66. The van der Waals surface area contributed by atoms with Gasteiger partial charge in [-0.2, -0.15) is 0 Å². The van der Waals surface area contributed by atoms with Gasteiger partial charge in [0.15, 0.2) is 9.84 Å². The highest BCUT2D eigenvalue weighted by Gasteiger charge is 2.37. The quantitative estimate of drug-likeness (QED) is 0.928. The van der Waals surface area contributed by atoms with Gasteiger partial charge in [-0.1, -0.05) is 0 Å². The van der Waals surface area contributed by atoms with E-state index in [0.29, 0.717) is 4.90 Å². The molecule has 1 aromatic rings. The van der Waals surface area contributed by atoms with E-state index in [1.807, 2.05) is 12.1 Å². The average molecular weight is 308 g/mol. The van der Waals surface area contributed by atoms with Crippen molar-refractivity contribution in [2.45, 2.75) is 42.7 Å². The van der Waals surface area contributed by atoms with Gasteiger partial charge in [-0.25, -0.2) is 8.42 Å². The number of nitrogens with zero attached hydrogens (tertiary/aromatic N) is 1. The molecular weight excluding hydrogens is 284 g/mol. The smallest absolute Gasteiger partial charge is 0.175 e. The van der Waals surface area contributed by atoms with Crippen molar-refractivity contribution in [3.05, 3.63) is 24.3 Å². The van der Waals surface area contributed by atoms with Gasteiger partial charge in [0.25, 0.3) is 0 Å². The highest BCUT2D eigenvalue weighted by molar-refractivity contribution is 7.90. The second-order valence-electron chi connectivity index (χ2n) is 6.57. The van der Waals surface area contributed by atoms with Crippen LogP contribution in [-0.4, -0.2) is 45.2 Å². The molecule has 2 aliphatic rings. The molecule has 2 bridgehead atoms. The molecule has 2 saturated heterocycles. The molecule has 2 fully saturated rings. The van der Waals surface area contributed by atoms with Crippen molar-refractivity contribution in [1.29, 1.82) is 0 Å². The Morgan fingerprint density at radius 2 is 1.71 bits per heavy atom. The van der Waals surface area contributed by atoms with Crippen molar-refractivity contribution in [3.63, 3.8) is 0 Å². The highest BCUT2D eigenvalue weighted by Crippen LogP contribution is 2.37. The Morgan fingerprint density at radius 3 is 2.24 bits per heavy atom. The second kappa shape index (κ2) is 5.61. The Balaban J connectivity index is 1.56. The maximum atomic E-state index is 11.4. The minimum absolute atomic E-state index is 0.380. The van der Waals surface area contributed by atoms with E-state index < -0.39 is 9.84 Å². The van der Waals surface area contributed by atoms with Crippen LogP contribution in [0.3, 0.4) is 0 Å². The summed E-state index contributed by atoms with van der Waals surface area (Å²) in [5, 5.41) is 3.46. The molecule has 3 rings (SSSR count). The number of nitrogens with one attached hydrogen (secondary N) is 1. The van der Waals surface area contributed by atoms with Crippen LogP contribution in [0.1, 0.15) is 25.7 Å². The van der Waals surface area contributed by atoms with Crippen LogP contribution in [0.25, 0.3) is 0 Å². The summed E-state index contributed by atoms with van der Waals surface area (Å²) >= 11 is 0. The maximum absolute atomic E-state index is 11.4. The van der Waals surface area contributed by atoms with Crippen molar-refractivity contribution >= 4 is 15.5 Å². The number of anilines is 1. The van der Waals surface area contributed by atoms with Crippen LogP contribution >= 0.6 is 0 Å². The molecule has 0 amide bonds. The van der Waals surface area contributed by atoms with Crippen LogP contribution in [0, 0.1) is 5.92 Å². The molecule has 2 aliphatic heterocycles. The van der Waals surface area contributed by atoms with E-state index >= 15 is 0 Å². The SMILES string of the molecule is CN1C2CCC1CC(CNc1ccc(S(C)(=O)=O)cc1)C2. The fourth-order valence-electron chi connectivity index (χ4n) is 3.77. The Hall–Kier alpha value is -1.07. The van der Waals surface area contributed by atoms with Gasteiger partial charge in [0.1, 0.15) is 0 Å². The zero-order chi connectivity index (χ0) is 15.0. The normalized spacial score (nSPS) is 29.5. The molecule has 0 aromatic heterocycles. The minimum atomic E-state index is -3.10. The van der Waals surface area contributed by atoms with Crippen molar-refractivity contribution in [2.75, 3.05) is 25.2 Å². The molecule has 21 heavy (non-hydrogen) atoms. The molecule has 116 valence electrons. The Kier molecular flexibility index (Phi) is 3.97. The number of benzene rings is 1. The first kappa shape index (κ1) is 14.9. The van der Waals surface area contributed by atoms with Crippen LogP contribution < -0.4 is 5.32 Å². The Bertz CT molecular complexity index is 583. The van der Waals surface area contributed by atoms with Crippen LogP contribution in [0.4, 0.5) is 5.69 Å². The zero-order valence-electron chi connectivity index (χ0n) is 12.7. The van der Waals surface area contributed by atoms with Gasteiger partial charge < -0.3 is 10.2 Å². The summed E-state index contributed by atoms with van der Waals surface area (Å²) < 4.78 is 22.9. The molecule has 1 N–H and O–H groups in total. The Labute approximate surface area is 127 Å². The maximum Gasteiger partial charge on any atom is 0.175 e. The van der Waals surface area contributed by atoms with Gasteiger partial charge in [0, 0.05) is 30.6 Å². The van der Waals surface area contributed by atoms with Gasteiger partial charge in [-0.05, 0) is 62.9 Å². The van der Waals surface area contributed by atoms with Gasteiger partial charge in [-0.15, -0.1) is 0 Å². The third-order valence-electron chi connectivity index (χ3n) is 5.07. The van der Waals surface area contributed by atoms with Gasteiger partial charge in [0.2, 0.25) is 0 Å². The van der Waals surface area contributed by atoms with E-state index in [1.54, 1.807) is 12.1 Å². The van der Waals surface area contributed by atoms with Crippen LogP contribution in [0.2, 0.25) is 0 Å². The molecule has 4 nitrogen and oxygen atoms in total. The van der Waals surface area contributed by atoms with E-state index in [-0.39, 0.29) is 0 Å². The fraction of sp³-hybridized carbons (Fsp3) is 0.625. The van der Waals surface area contributed by atoms with Crippen molar-refractivity contribution in [2.24, 2.45) is 5.92 Å². The molecule has 2 unspecified atom stereocenters.